The van der Waals surface area contributed by atoms with Crippen LogP contribution < -0.4 is 10.9 Å². The smallest absolute Gasteiger partial charge is 0.269 e. The molecule has 1 heterocycles. The van der Waals surface area contributed by atoms with E-state index in [0.717, 1.165) is 13.0 Å². The third-order valence-electron chi connectivity index (χ3n) is 4.23. The van der Waals surface area contributed by atoms with E-state index >= 15 is 0 Å². The maximum Gasteiger partial charge on any atom is 0.269 e. The summed E-state index contributed by atoms with van der Waals surface area (Å²) in [5.41, 5.74) is 7.84. The van der Waals surface area contributed by atoms with Crippen molar-refractivity contribution in [3.8, 4) is 0 Å². The molecule has 0 saturated carbocycles. The van der Waals surface area contributed by atoms with Crippen molar-refractivity contribution in [2.24, 2.45) is 0 Å². The summed E-state index contributed by atoms with van der Waals surface area (Å²) in [5, 5.41) is 0.554. The molecule has 2 aromatic rings. The average Bonchev–Trinajstić information content (AvgIpc) is 2.68. The fourth-order valence-corrected chi connectivity index (χ4v) is 2.94. The van der Waals surface area contributed by atoms with Gasteiger partial charge in [-0.2, -0.15) is 0 Å². The van der Waals surface area contributed by atoms with E-state index < -0.39 is 0 Å². The Balaban J connectivity index is 1.45. The Labute approximate surface area is 157 Å². The van der Waals surface area contributed by atoms with Gasteiger partial charge >= 0.3 is 0 Å². The molecular formula is C20H20ClN3O2. The van der Waals surface area contributed by atoms with E-state index in [1.54, 1.807) is 24.3 Å². The number of halogens is 1. The van der Waals surface area contributed by atoms with Crippen LogP contribution in [0.4, 0.5) is 0 Å². The average molecular weight is 370 g/mol. The molecule has 0 unspecified atom stereocenters. The number of carbonyl (C=O) groups excluding carboxylic acids is 2. The summed E-state index contributed by atoms with van der Waals surface area (Å²) in [6.45, 7) is 1.75. The predicted molar refractivity (Wildman–Crippen MR) is 103 cm³/mol. The largest absolute Gasteiger partial charge is 0.290 e. The van der Waals surface area contributed by atoms with Crippen molar-refractivity contribution in [2.45, 2.75) is 6.42 Å². The summed E-state index contributed by atoms with van der Waals surface area (Å²) in [7, 11) is 0. The standard InChI is InChI=1S/C20H20ClN3O2/c21-18-8-6-17(7-9-18)20(26)23-22-19(25)14-24-12-10-16(11-13-24)15-4-2-1-3-5-15/h1-10H,11-14H2,(H,22,25)(H,23,26). The lowest BCUT2D eigenvalue weighted by molar-refractivity contribution is -0.122. The van der Waals surface area contributed by atoms with E-state index in [2.05, 4.69) is 29.1 Å². The lowest BCUT2D eigenvalue weighted by atomic mass is 10.00. The molecule has 1 aliphatic heterocycles. The minimum absolute atomic E-state index is 0.236. The lowest BCUT2D eigenvalue weighted by Crippen LogP contribution is -2.47. The highest BCUT2D eigenvalue weighted by Gasteiger charge is 2.16. The molecule has 0 aliphatic carbocycles. The first-order valence-corrected chi connectivity index (χ1v) is 8.81. The van der Waals surface area contributed by atoms with Gasteiger partial charge in [-0.1, -0.05) is 48.0 Å². The molecule has 0 radical (unpaired) electrons. The molecule has 0 saturated heterocycles. The highest BCUT2D eigenvalue weighted by Crippen LogP contribution is 2.21. The topological polar surface area (TPSA) is 61.4 Å². The molecule has 2 N–H and O–H groups in total. The number of hydrogen-bond donors (Lipinski definition) is 2. The number of hydrazine groups is 1. The predicted octanol–water partition coefficient (Wildman–Crippen LogP) is 2.89. The van der Waals surface area contributed by atoms with Crippen molar-refractivity contribution >= 4 is 29.0 Å². The van der Waals surface area contributed by atoms with Crippen LogP contribution in [-0.4, -0.2) is 36.3 Å². The van der Waals surface area contributed by atoms with E-state index in [1.165, 1.54) is 11.1 Å². The number of amides is 2. The number of rotatable bonds is 4. The molecule has 0 spiro atoms. The van der Waals surface area contributed by atoms with Gasteiger partial charge < -0.3 is 0 Å². The molecule has 0 fully saturated rings. The first kappa shape index (κ1) is 18.2. The van der Waals surface area contributed by atoms with E-state index in [9.17, 15) is 9.59 Å². The Morgan fingerprint density at radius 1 is 1.00 bits per heavy atom. The third-order valence-corrected chi connectivity index (χ3v) is 4.48. The number of carbonyl (C=O) groups is 2. The zero-order valence-corrected chi connectivity index (χ0v) is 15.0. The molecule has 6 heteroatoms. The Bertz CT molecular complexity index is 804. The highest BCUT2D eigenvalue weighted by atomic mass is 35.5. The van der Waals surface area contributed by atoms with Gasteiger partial charge in [0.15, 0.2) is 0 Å². The minimum Gasteiger partial charge on any atom is -0.290 e. The molecule has 2 amide bonds. The number of nitrogens with one attached hydrogen (secondary N) is 2. The van der Waals surface area contributed by atoms with Crippen molar-refractivity contribution in [2.75, 3.05) is 19.6 Å². The molecule has 0 aromatic heterocycles. The lowest BCUT2D eigenvalue weighted by Gasteiger charge is -2.25. The summed E-state index contributed by atoms with van der Waals surface area (Å²) >= 11 is 5.79. The molecule has 0 bridgehead atoms. The Kier molecular flexibility index (Phi) is 6.04. The highest BCUT2D eigenvalue weighted by molar-refractivity contribution is 6.30. The van der Waals surface area contributed by atoms with Gasteiger partial charge in [0.2, 0.25) is 0 Å². The van der Waals surface area contributed by atoms with Gasteiger partial charge in [0.1, 0.15) is 0 Å². The van der Waals surface area contributed by atoms with E-state index in [4.69, 9.17) is 11.6 Å². The van der Waals surface area contributed by atoms with E-state index in [0.29, 0.717) is 17.1 Å². The maximum absolute atomic E-state index is 12.0. The van der Waals surface area contributed by atoms with Crippen molar-refractivity contribution in [3.05, 3.63) is 76.8 Å². The third kappa shape index (κ3) is 4.94. The fraction of sp³-hybridized carbons (Fsp3) is 0.200. The zero-order valence-electron chi connectivity index (χ0n) is 14.2. The van der Waals surface area contributed by atoms with Crippen molar-refractivity contribution in [1.29, 1.82) is 0 Å². The summed E-state index contributed by atoms with van der Waals surface area (Å²) in [6.07, 6.45) is 3.05. The second kappa shape index (κ2) is 8.65. The summed E-state index contributed by atoms with van der Waals surface area (Å²) < 4.78 is 0. The normalized spacial score (nSPS) is 14.4. The van der Waals surface area contributed by atoms with E-state index in [-0.39, 0.29) is 18.4 Å². The Hall–Kier alpha value is -2.63. The molecule has 2 aromatic carbocycles. The van der Waals surface area contributed by atoms with Gasteiger partial charge in [-0.25, -0.2) is 0 Å². The molecule has 0 atom stereocenters. The zero-order chi connectivity index (χ0) is 18.4. The number of hydrogen-bond acceptors (Lipinski definition) is 3. The van der Waals surface area contributed by atoms with Crippen molar-refractivity contribution in [3.63, 3.8) is 0 Å². The molecule has 1 aliphatic rings. The van der Waals surface area contributed by atoms with Gasteiger partial charge in [-0.05, 0) is 41.8 Å². The van der Waals surface area contributed by atoms with Crippen LogP contribution in [0.5, 0.6) is 0 Å². The van der Waals surface area contributed by atoms with Gasteiger partial charge in [0.05, 0.1) is 6.54 Å². The number of nitrogens with zero attached hydrogens (tertiary/aromatic N) is 1. The van der Waals surface area contributed by atoms with Gasteiger partial charge in [-0.15, -0.1) is 0 Å². The molecular weight excluding hydrogens is 350 g/mol. The Morgan fingerprint density at radius 3 is 2.38 bits per heavy atom. The second-order valence-corrected chi connectivity index (χ2v) is 6.53. The first-order chi connectivity index (χ1) is 12.6. The van der Waals surface area contributed by atoms with E-state index in [1.807, 2.05) is 23.1 Å². The number of benzene rings is 2. The second-order valence-electron chi connectivity index (χ2n) is 6.09. The van der Waals surface area contributed by atoms with Crippen LogP contribution in [0.2, 0.25) is 5.02 Å². The first-order valence-electron chi connectivity index (χ1n) is 8.43. The maximum atomic E-state index is 12.0. The van der Waals surface area contributed by atoms with Crippen LogP contribution in [0.25, 0.3) is 5.57 Å². The minimum atomic E-state index is -0.375. The van der Waals surface area contributed by atoms with Crippen molar-refractivity contribution in [1.82, 2.24) is 15.8 Å². The van der Waals surface area contributed by atoms with Crippen LogP contribution in [0.15, 0.2) is 60.7 Å². The van der Waals surface area contributed by atoms with Crippen molar-refractivity contribution < 1.29 is 9.59 Å². The quantitative estimate of drug-likeness (QED) is 0.815. The van der Waals surface area contributed by atoms with Gasteiger partial charge in [0, 0.05) is 23.7 Å². The summed E-state index contributed by atoms with van der Waals surface area (Å²) in [6, 6.07) is 16.7. The molecule has 5 nitrogen and oxygen atoms in total. The van der Waals surface area contributed by atoms with Gasteiger partial charge in [0.25, 0.3) is 11.8 Å². The molecule has 26 heavy (non-hydrogen) atoms. The fourth-order valence-electron chi connectivity index (χ4n) is 2.81. The monoisotopic (exact) mass is 369 g/mol. The SMILES string of the molecule is O=C(CN1CC=C(c2ccccc2)CC1)NNC(=O)c1ccc(Cl)cc1. The van der Waals surface area contributed by atoms with Crippen LogP contribution in [0.1, 0.15) is 22.3 Å². The molecule has 3 rings (SSSR count). The molecule has 134 valence electrons. The van der Waals surface area contributed by atoms with Gasteiger partial charge in [-0.3, -0.25) is 25.3 Å². The van der Waals surface area contributed by atoms with Crippen LogP contribution >= 0.6 is 11.6 Å². The van der Waals surface area contributed by atoms with Crippen LogP contribution in [0, 0.1) is 0 Å². The van der Waals surface area contributed by atoms with Crippen LogP contribution in [-0.2, 0) is 4.79 Å². The summed E-state index contributed by atoms with van der Waals surface area (Å²) in [4.78, 5) is 26.0. The summed E-state index contributed by atoms with van der Waals surface area (Å²) in [5.74, 6) is -0.621. The Morgan fingerprint density at radius 2 is 1.73 bits per heavy atom. The van der Waals surface area contributed by atoms with Crippen LogP contribution in [0.3, 0.4) is 0 Å².